The van der Waals surface area contributed by atoms with Crippen molar-refractivity contribution in [3.63, 3.8) is 0 Å². The first-order chi connectivity index (χ1) is 11.2. The summed E-state index contributed by atoms with van der Waals surface area (Å²) in [5.74, 6) is 0.892. The van der Waals surface area contributed by atoms with E-state index in [1.54, 1.807) is 31.2 Å². The molecule has 0 atom stereocenters. The third kappa shape index (κ3) is 3.29. The number of hydrogen-bond donors (Lipinski definition) is 1. The predicted octanol–water partition coefficient (Wildman–Crippen LogP) is 3.86. The van der Waals surface area contributed by atoms with Crippen molar-refractivity contribution in [3.05, 3.63) is 65.5 Å². The number of carbonyl (C=O) groups is 1. The van der Waals surface area contributed by atoms with E-state index in [4.69, 9.17) is 4.52 Å². The van der Waals surface area contributed by atoms with E-state index in [0.29, 0.717) is 17.3 Å². The van der Waals surface area contributed by atoms with Crippen LogP contribution in [0.3, 0.4) is 0 Å². The van der Waals surface area contributed by atoms with Gasteiger partial charge in [0.1, 0.15) is 0 Å². The van der Waals surface area contributed by atoms with Crippen LogP contribution in [0.1, 0.15) is 28.7 Å². The SMILES string of the molecule is CCc1ccccc1NC(=O)c1ccc(-c2nc(C)no2)cc1. The second-order valence-electron chi connectivity index (χ2n) is 5.19. The first-order valence-electron chi connectivity index (χ1n) is 7.47. The zero-order valence-corrected chi connectivity index (χ0v) is 13.0. The molecule has 3 aromatic rings. The number of benzene rings is 2. The van der Waals surface area contributed by atoms with Crippen LogP contribution < -0.4 is 5.32 Å². The van der Waals surface area contributed by atoms with Crippen molar-refractivity contribution in [2.75, 3.05) is 5.32 Å². The van der Waals surface area contributed by atoms with Gasteiger partial charge in [-0.15, -0.1) is 0 Å². The number of para-hydroxylation sites is 1. The molecule has 0 saturated heterocycles. The highest BCUT2D eigenvalue weighted by atomic mass is 16.5. The van der Waals surface area contributed by atoms with Gasteiger partial charge in [-0.3, -0.25) is 4.79 Å². The number of nitrogens with one attached hydrogen (secondary N) is 1. The Labute approximate surface area is 134 Å². The van der Waals surface area contributed by atoms with E-state index in [1.807, 2.05) is 24.3 Å². The molecular weight excluding hydrogens is 290 g/mol. The maximum absolute atomic E-state index is 12.4. The highest BCUT2D eigenvalue weighted by Crippen LogP contribution is 2.20. The third-order valence-corrected chi connectivity index (χ3v) is 3.57. The molecule has 0 radical (unpaired) electrons. The first-order valence-corrected chi connectivity index (χ1v) is 7.47. The lowest BCUT2D eigenvalue weighted by molar-refractivity contribution is 0.102. The predicted molar refractivity (Wildman–Crippen MR) is 88.2 cm³/mol. The van der Waals surface area contributed by atoms with Crippen LogP contribution in [0.5, 0.6) is 0 Å². The molecule has 1 N–H and O–H groups in total. The van der Waals surface area contributed by atoms with Crippen LogP contribution in [0.4, 0.5) is 5.69 Å². The summed E-state index contributed by atoms with van der Waals surface area (Å²) in [5, 5.41) is 6.71. The summed E-state index contributed by atoms with van der Waals surface area (Å²) in [6.45, 7) is 3.83. The topological polar surface area (TPSA) is 68.0 Å². The summed E-state index contributed by atoms with van der Waals surface area (Å²) >= 11 is 0. The molecule has 0 aliphatic rings. The Morgan fingerprint density at radius 2 is 1.87 bits per heavy atom. The molecule has 1 amide bonds. The molecular formula is C18H17N3O2. The van der Waals surface area contributed by atoms with Gasteiger partial charge in [0.25, 0.3) is 11.8 Å². The lowest BCUT2D eigenvalue weighted by Gasteiger charge is -2.09. The smallest absolute Gasteiger partial charge is 0.257 e. The summed E-state index contributed by atoms with van der Waals surface area (Å²) in [4.78, 5) is 16.5. The van der Waals surface area contributed by atoms with E-state index in [0.717, 1.165) is 23.2 Å². The Morgan fingerprint density at radius 3 is 2.52 bits per heavy atom. The lowest BCUT2D eigenvalue weighted by atomic mass is 10.1. The summed E-state index contributed by atoms with van der Waals surface area (Å²) < 4.78 is 5.11. The molecule has 116 valence electrons. The number of nitrogens with zero attached hydrogens (tertiary/aromatic N) is 2. The average molecular weight is 307 g/mol. The minimum atomic E-state index is -0.140. The van der Waals surface area contributed by atoms with Gasteiger partial charge in [-0.1, -0.05) is 30.3 Å². The van der Waals surface area contributed by atoms with Gasteiger partial charge in [0.2, 0.25) is 0 Å². The fraction of sp³-hybridized carbons (Fsp3) is 0.167. The molecule has 0 saturated carbocycles. The van der Waals surface area contributed by atoms with Crippen molar-refractivity contribution in [1.29, 1.82) is 0 Å². The van der Waals surface area contributed by atoms with Crippen LogP contribution in [-0.2, 0) is 6.42 Å². The van der Waals surface area contributed by atoms with Crippen LogP contribution in [0.2, 0.25) is 0 Å². The summed E-state index contributed by atoms with van der Waals surface area (Å²) in [5.41, 5.74) is 3.32. The highest BCUT2D eigenvalue weighted by Gasteiger charge is 2.10. The Morgan fingerprint density at radius 1 is 1.13 bits per heavy atom. The number of carbonyl (C=O) groups excluding carboxylic acids is 1. The van der Waals surface area contributed by atoms with Gasteiger partial charge < -0.3 is 9.84 Å². The van der Waals surface area contributed by atoms with Crippen LogP contribution in [-0.4, -0.2) is 16.0 Å². The van der Waals surface area contributed by atoms with Crippen LogP contribution in [0.25, 0.3) is 11.5 Å². The van der Waals surface area contributed by atoms with Crippen molar-refractivity contribution in [3.8, 4) is 11.5 Å². The largest absolute Gasteiger partial charge is 0.334 e. The van der Waals surface area contributed by atoms with Gasteiger partial charge in [0.05, 0.1) is 0 Å². The molecule has 0 spiro atoms. The van der Waals surface area contributed by atoms with Gasteiger partial charge in [-0.05, 0) is 49.2 Å². The summed E-state index contributed by atoms with van der Waals surface area (Å²) in [6.07, 6.45) is 0.867. The van der Waals surface area contributed by atoms with Crippen molar-refractivity contribution in [2.24, 2.45) is 0 Å². The minimum absolute atomic E-state index is 0.140. The van der Waals surface area contributed by atoms with Gasteiger partial charge in [0.15, 0.2) is 5.82 Å². The molecule has 5 heteroatoms. The third-order valence-electron chi connectivity index (χ3n) is 3.57. The van der Waals surface area contributed by atoms with Crippen molar-refractivity contribution >= 4 is 11.6 Å². The Hall–Kier alpha value is -2.95. The number of aryl methyl sites for hydroxylation is 2. The average Bonchev–Trinajstić information content (AvgIpc) is 3.02. The molecule has 0 fully saturated rings. The second kappa shape index (κ2) is 6.44. The quantitative estimate of drug-likeness (QED) is 0.794. The number of amides is 1. The zero-order valence-electron chi connectivity index (χ0n) is 13.0. The number of aromatic nitrogens is 2. The standard InChI is InChI=1S/C18H17N3O2/c1-3-13-6-4-5-7-16(13)20-17(22)14-8-10-15(11-9-14)18-19-12(2)21-23-18/h4-11H,3H2,1-2H3,(H,20,22). The molecule has 0 unspecified atom stereocenters. The van der Waals surface area contributed by atoms with E-state index in [2.05, 4.69) is 22.4 Å². The second-order valence-corrected chi connectivity index (χ2v) is 5.19. The molecule has 3 rings (SSSR count). The molecule has 5 nitrogen and oxygen atoms in total. The highest BCUT2D eigenvalue weighted by molar-refractivity contribution is 6.04. The Balaban J connectivity index is 1.78. The van der Waals surface area contributed by atoms with Crippen LogP contribution in [0, 0.1) is 6.92 Å². The molecule has 23 heavy (non-hydrogen) atoms. The zero-order chi connectivity index (χ0) is 16.2. The molecule has 0 aliphatic carbocycles. The number of hydrogen-bond acceptors (Lipinski definition) is 4. The maximum Gasteiger partial charge on any atom is 0.257 e. The van der Waals surface area contributed by atoms with Crippen molar-refractivity contribution in [2.45, 2.75) is 20.3 Å². The maximum atomic E-state index is 12.4. The first kappa shape index (κ1) is 15.0. The summed E-state index contributed by atoms with van der Waals surface area (Å²) in [7, 11) is 0. The van der Waals surface area contributed by atoms with Crippen LogP contribution in [0.15, 0.2) is 53.1 Å². The minimum Gasteiger partial charge on any atom is -0.334 e. The monoisotopic (exact) mass is 307 g/mol. The van der Waals surface area contributed by atoms with Crippen molar-refractivity contribution in [1.82, 2.24) is 10.1 Å². The van der Waals surface area contributed by atoms with Gasteiger partial charge in [0, 0.05) is 16.8 Å². The molecule has 0 bridgehead atoms. The van der Waals surface area contributed by atoms with Crippen molar-refractivity contribution < 1.29 is 9.32 Å². The molecule has 1 aromatic heterocycles. The van der Waals surface area contributed by atoms with Crippen LogP contribution >= 0.6 is 0 Å². The van der Waals surface area contributed by atoms with Gasteiger partial charge >= 0.3 is 0 Å². The Bertz CT molecular complexity index is 822. The molecule has 1 heterocycles. The normalized spacial score (nSPS) is 10.5. The lowest BCUT2D eigenvalue weighted by Crippen LogP contribution is -2.13. The molecule has 0 aliphatic heterocycles. The number of anilines is 1. The Kier molecular flexibility index (Phi) is 4.19. The van der Waals surface area contributed by atoms with E-state index < -0.39 is 0 Å². The van der Waals surface area contributed by atoms with E-state index in [1.165, 1.54) is 0 Å². The van der Waals surface area contributed by atoms with E-state index in [9.17, 15) is 4.79 Å². The van der Waals surface area contributed by atoms with Gasteiger partial charge in [-0.25, -0.2) is 0 Å². The van der Waals surface area contributed by atoms with Gasteiger partial charge in [-0.2, -0.15) is 4.98 Å². The number of rotatable bonds is 4. The molecule has 2 aromatic carbocycles. The fourth-order valence-electron chi connectivity index (χ4n) is 2.32. The summed E-state index contributed by atoms with van der Waals surface area (Å²) in [6, 6.07) is 14.9. The van der Waals surface area contributed by atoms with E-state index >= 15 is 0 Å². The van der Waals surface area contributed by atoms with E-state index in [-0.39, 0.29) is 5.91 Å². The fourth-order valence-corrected chi connectivity index (χ4v) is 2.32.